The number of nitrogens with zero attached hydrogens (tertiary/aromatic N) is 2. The van der Waals surface area contributed by atoms with Crippen molar-refractivity contribution in [3.8, 4) is 0 Å². The molecule has 3 rings (SSSR count). The molecule has 2 aromatic carbocycles. The van der Waals surface area contributed by atoms with E-state index in [2.05, 4.69) is 29.5 Å². The van der Waals surface area contributed by atoms with Gasteiger partial charge >= 0.3 is 5.97 Å². The van der Waals surface area contributed by atoms with E-state index in [0.29, 0.717) is 11.5 Å². The number of benzene rings is 2. The van der Waals surface area contributed by atoms with Crippen molar-refractivity contribution >= 4 is 28.7 Å². The molecule has 3 aromatic rings. The van der Waals surface area contributed by atoms with Crippen LogP contribution in [0.2, 0.25) is 0 Å². The second-order valence-electron chi connectivity index (χ2n) is 7.99. The van der Waals surface area contributed by atoms with E-state index in [9.17, 15) is 9.59 Å². The number of para-hydroxylation sites is 2. The molecule has 0 fully saturated rings. The fourth-order valence-electron chi connectivity index (χ4n) is 3.39. The topological polar surface area (TPSA) is 104 Å². The van der Waals surface area contributed by atoms with E-state index in [4.69, 9.17) is 10.1 Å². The predicted octanol–water partition coefficient (Wildman–Crippen LogP) is 4.34. The summed E-state index contributed by atoms with van der Waals surface area (Å²) in [5, 5.41) is 14.9. The van der Waals surface area contributed by atoms with Gasteiger partial charge in [0, 0.05) is 12.1 Å². The molecule has 0 saturated carbocycles. The van der Waals surface area contributed by atoms with Gasteiger partial charge in [-0.1, -0.05) is 38.1 Å². The number of aliphatic carboxylic acids is 1. The van der Waals surface area contributed by atoms with Crippen molar-refractivity contribution in [1.82, 2.24) is 15.3 Å². The summed E-state index contributed by atoms with van der Waals surface area (Å²) in [7, 11) is 0. The van der Waals surface area contributed by atoms with Gasteiger partial charge in [-0.05, 0) is 49.1 Å². The maximum absolute atomic E-state index is 12.2. The van der Waals surface area contributed by atoms with Crippen LogP contribution in [0.1, 0.15) is 54.3 Å². The zero-order chi connectivity index (χ0) is 22.4. The molecule has 3 N–H and O–H groups in total. The zero-order valence-electron chi connectivity index (χ0n) is 18.1. The summed E-state index contributed by atoms with van der Waals surface area (Å²) in [6, 6.07) is 15.2. The van der Waals surface area contributed by atoms with Gasteiger partial charge in [-0.3, -0.25) is 9.59 Å². The third kappa shape index (κ3) is 6.01. The van der Waals surface area contributed by atoms with Crippen molar-refractivity contribution < 1.29 is 14.7 Å². The number of fused-ring (bicyclic) bond motifs is 1. The lowest BCUT2D eigenvalue weighted by Gasteiger charge is -2.23. The Morgan fingerprint density at radius 2 is 1.65 bits per heavy atom. The Hall–Kier alpha value is -3.48. The summed E-state index contributed by atoms with van der Waals surface area (Å²) in [4.78, 5) is 32.2. The lowest BCUT2D eigenvalue weighted by molar-refractivity contribution is -0.136. The van der Waals surface area contributed by atoms with E-state index in [-0.39, 0.29) is 24.9 Å². The molecule has 0 spiro atoms. The smallest absolute Gasteiger partial charge is 0.305 e. The molecule has 1 heterocycles. The number of carbonyl (C=O) groups excluding carboxylic acids is 1. The number of aryl methyl sites for hydroxylation is 1. The first-order valence-electron chi connectivity index (χ1n) is 10.4. The second kappa shape index (κ2) is 10.0. The van der Waals surface area contributed by atoms with E-state index in [1.54, 1.807) is 12.1 Å². The van der Waals surface area contributed by atoms with Crippen molar-refractivity contribution in [2.24, 2.45) is 5.92 Å². The maximum atomic E-state index is 12.2. The Balaban J connectivity index is 1.79. The fourth-order valence-corrected chi connectivity index (χ4v) is 3.39. The van der Waals surface area contributed by atoms with Crippen LogP contribution in [0, 0.1) is 12.8 Å². The van der Waals surface area contributed by atoms with Gasteiger partial charge in [0.2, 0.25) is 0 Å². The Kier molecular flexibility index (Phi) is 7.18. The minimum Gasteiger partial charge on any atom is -0.481 e. The molecule has 162 valence electrons. The Labute approximate surface area is 181 Å². The van der Waals surface area contributed by atoms with Crippen LogP contribution >= 0.6 is 0 Å². The highest BCUT2D eigenvalue weighted by Gasteiger charge is 2.17. The van der Waals surface area contributed by atoms with Crippen molar-refractivity contribution in [2.75, 3.05) is 11.9 Å². The second-order valence-corrected chi connectivity index (χ2v) is 7.99. The number of nitrogens with one attached hydrogen (secondary N) is 2. The highest BCUT2D eigenvalue weighted by atomic mass is 16.4. The number of amides is 1. The number of hydrogen-bond donors (Lipinski definition) is 3. The fraction of sp³-hybridized carbons (Fsp3) is 0.333. The highest BCUT2D eigenvalue weighted by Crippen LogP contribution is 2.27. The summed E-state index contributed by atoms with van der Waals surface area (Å²) >= 11 is 0. The molecule has 31 heavy (non-hydrogen) atoms. The van der Waals surface area contributed by atoms with E-state index >= 15 is 0 Å². The van der Waals surface area contributed by atoms with Gasteiger partial charge in [0.25, 0.3) is 5.91 Å². The average molecular weight is 421 g/mol. The van der Waals surface area contributed by atoms with Crippen LogP contribution < -0.4 is 10.6 Å². The first-order chi connectivity index (χ1) is 14.8. The van der Waals surface area contributed by atoms with Crippen LogP contribution in [-0.4, -0.2) is 33.5 Å². The van der Waals surface area contributed by atoms with Gasteiger partial charge in [0.05, 0.1) is 29.2 Å². The zero-order valence-corrected chi connectivity index (χ0v) is 18.1. The summed E-state index contributed by atoms with van der Waals surface area (Å²) in [5.74, 6) is -0.0206. The normalized spacial score (nSPS) is 12.0. The summed E-state index contributed by atoms with van der Waals surface area (Å²) in [6.45, 7) is 6.38. The summed E-state index contributed by atoms with van der Waals surface area (Å²) in [5.41, 5.74) is 4.09. The van der Waals surface area contributed by atoms with Gasteiger partial charge in [-0.15, -0.1) is 0 Å². The molecule has 7 heteroatoms. The van der Waals surface area contributed by atoms with E-state index < -0.39 is 5.97 Å². The minimum atomic E-state index is -0.940. The highest BCUT2D eigenvalue weighted by molar-refractivity contribution is 5.94. The lowest BCUT2D eigenvalue weighted by atomic mass is 9.96. The van der Waals surface area contributed by atoms with Gasteiger partial charge in [-0.25, -0.2) is 9.97 Å². The molecule has 1 amide bonds. The molecule has 0 saturated heterocycles. The van der Waals surface area contributed by atoms with Crippen LogP contribution in [0.25, 0.3) is 11.0 Å². The number of carbonyl (C=O) groups is 2. The van der Waals surface area contributed by atoms with Crippen molar-refractivity contribution in [3.05, 3.63) is 65.4 Å². The van der Waals surface area contributed by atoms with Crippen molar-refractivity contribution in [3.63, 3.8) is 0 Å². The predicted molar refractivity (Wildman–Crippen MR) is 121 cm³/mol. The molecular formula is C24H28N4O3. The molecule has 0 unspecified atom stereocenters. The first kappa shape index (κ1) is 22.2. The van der Waals surface area contributed by atoms with Crippen molar-refractivity contribution in [2.45, 2.75) is 39.7 Å². The average Bonchev–Trinajstić information content (AvgIpc) is 2.73. The standard InChI is InChI=1S/C24H28N4O3/c1-15(2)14-21(28-23-16(3)26-19-6-4-5-7-20(19)27-23)17-8-10-18(11-9-17)24(31)25-13-12-22(29)30/h4-11,15,21H,12-14H2,1-3H3,(H,25,31)(H,27,28)(H,29,30)/t21-/m0/s1. The van der Waals surface area contributed by atoms with Gasteiger partial charge < -0.3 is 15.7 Å². The number of aromatic nitrogens is 2. The quantitative estimate of drug-likeness (QED) is 0.476. The van der Waals surface area contributed by atoms with Crippen LogP contribution in [-0.2, 0) is 4.79 Å². The van der Waals surface area contributed by atoms with E-state index in [1.807, 2.05) is 43.3 Å². The molecule has 1 aromatic heterocycles. The Morgan fingerprint density at radius 1 is 1.00 bits per heavy atom. The van der Waals surface area contributed by atoms with Crippen molar-refractivity contribution in [1.29, 1.82) is 0 Å². The number of rotatable bonds is 9. The van der Waals surface area contributed by atoms with Gasteiger partial charge in [-0.2, -0.15) is 0 Å². The maximum Gasteiger partial charge on any atom is 0.305 e. The number of anilines is 1. The first-order valence-corrected chi connectivity index (χ1v) is 10.4. The Bertz CT molecular complexity index is 1060. The van der Waals surface area contributed by atoms with E-state index in [1.165, 1.54) is 0 Å². The van der Waals surface area contributed by atoms with E-state index in [0.717, 1.165) is 34.5 Å². The number of carboxylic acids is 1. The molecule has 0 aliphatic rings. The molecular weight excluding hydrogens is 392 g/mol. The molecule has 0 radical (unpaired) electrons. The third-order valence-corrected chi connectivity index (χ3v) is 4.96. The number of carboxylic acid groups (broad SMARTS) is 1. The van der Waals surface area contributed by atoms with Crippen LogP contribution in [0.4, 0.5) is 5.82 Å². The van der Waals surface area contributed by atoms with Crippen LogP contribution in [0.5, 0.6) is 0 Å². The van der Waals surface area contributed by atoms with Crippen LogP contribution in [0.3, 0.4) is 0 Å². The summed E-state index contributed by atoms with van der Waals surface area (Å²) < 4.78 is 0. The van der Waals surface area contributed by atoms with Crippen LogP contribution in [0.15, 0.2) is 48.5 Å². The van der Waals surface area contributed by atoms with Gasteiger partial charge in [0.15, 0.2) is 0 Å². The van der Waals surface area contributed by atoms with Gasteiger partial charge in [0.1, 0.15) is 5.82 Å². The number of hydrogen-bond acceptors (Lipinski definition) is 5. The molecule has 0 bridgehead atoms. The monoisotopic (exact) mass is 420 g/mol. The SMILES string of the molecule is Cc1nc2ccccc2nc1N[C@@H](CC(C)C)c1ccc(C(=O)NCCC(=O)O)cc1. The molecule has 0 aliphatic carbocycles. The minimum absolute atomic E-state index is 0.0123. The summed E-state index contributed by atoms with van der Waals surface area (Å²) in [6.07, 6.45) is 0.786. The molecule has 0 aliphatic heterocycles. The molecule has 1 atom stereocenters. The molecule has 7 nitrogen and oxygen atoms in total. The third-order valence-electron chi connectivity index (χ3n) is 4.96. The Morgan fingerprint density at radius 3 is 2.26 bits per heavy atom. The lowest BCUT2D eigenvalue weighted by Crippen LogP contribution is -2.26. The largest absolute Gasteiger partial charge is 0.481 e.